The second-order valence-electron chi connectivity index (χ2n) is 7.19. The lowest BCUT2D eigenvalue weighted by Crippen LogP contribution is -2.40. The number of aromatic nitrogens is 1. The van der Waals surface area contributed by atoms with E-state index in [0.717, 1.165) is 22.0 Å². The van der Waals surface area contributed by atoms with Crippen LogP contribution in [0.3, 0.4) is 0 Å². The van der Waals surface area contributed by atoms with E-state index in [2.05, 4.69) is 10.3 Å². The van der Waals surface area contributed by atoms with Crippen LogP contribution in [0.15, 0.2) is 54.7 Å². The van der Waals surface area contributed by atoms with Gasteiger partial charge in [-0.2, -0.15) is 0 Å². The highest BCUT2D eigenvalue weighted by Gasteiger charge is 2.21. The molecule has 6 nitrogen and oxygen atoms in total. The van der Waals surface area contributed by atoms with Gasteiger partial charge in [-0.1, -0.05) is 30.3 Å². The average Bonchev–Trinajstić information content (AvgIpc) is 2.71. The molecule has 0 saturated carbocycles. The van der Waals surface area contributed by atoms with Crippen molar-refractivity contribution in [1.82, 2.24) is 10.3 Å². The minimum absolute atomic E-state index is 0.00965. The van der Waals surface area contributed by atoms with Crippen molar-refractivity contribution in [3.05, 3.63) is 60.3 Å². The summed E-state index contributed by atoms with van der Waals surface area (Å²) in [6.45, 7) is 1.77. The molecule has 28 heavy (non-hydrogen) atoms. The van der Waals surface area contributed by atoms with Crippen LogP contribution in [0, 0.1) is 0 Å². The first-order chi connectivity index (χ1) is 13.4. The zero-order valence-corrected chi connectivity index (χ0v) is 15.9. The number of amides is 1. The number of rotatable bonds is 7. The second kappa shape index (κ2) is 8.37. The number of fused-ring (bicyclic) bond motifs is 1. The number of nitrogens with one attached hydrogen (secondary N) is 1. The minimum Gasteiger partial charge on any atom is -0.398 e. The van der Waals surface area contributed by atoms with Crippen LogP contribution in [0.25, 0.3) is 22.0 Å². The number of pyridine rings is 1. The summed E-state index contributed by atoms with van der Waals surface area (Å²) in [5.41, 5.74) is 8.69. The molecule has 5 N–H and O–H groups in total. The van der Waals surface area contributed by atoms with Crippen LogP contribution in [-0.4, -0.2) is 39.9 Å². The first-order valence-corrected chi connectivity index (χ1v) is 9.26. The Labute approximate surface area is 164 Å². The van der Waals surface area contributed by atoms with E-state index in [4.69, 9.17) is 10.8 Å². The number of aliphatic hydroxyl groups excluding tert-OH is 1. The van der Waals surface area contributed by atoms with Crippen LogP contribution >= 0.6 is 0 Å². The van der Waals surface area contributed by atoms with Crippen LogP contribution in [0.4, 0.5) is 5.69 Å². The molecule has 0 aliphatic carbocycles. The first-order valence-electron chi connectivity index (χ1n) is 9.26. The number of para-hydroxylation sites is 1. The van der Waals surface area contributed by atoms with Crippen LogP contribution < -0.4 is 11.1 Å². The lowest BCUT2D eigenvalue weighted by molar-refractivity contribution is 0.0415. The molecule has 0 bridgehead atoms. The van der Waals surface area contributed by atoms with Gasteiger partial charge in [-0.05, 0) is 43.5 Å². The molecule has 2 aromatic carbocycles. The zero-order valence-electron chi connectivity index (χ0n) is 15.9. The van der Waals surface area contributed by atoms with Crippen molar-refractivity contribution in [3.63, 3.8) is 0 Å². The largest absolute Gasteiger partial charge is 0.398 e. The highest BCUT2D eigenvalue weighted by Crippen LogP contribution is 2.30. The van der Waals surface area contributed by atoms with Gasteiger partial charge in [0.05, 0.1) is 11.1 Å². The molecular formula is C22H25N3O3. The quantitative estimate of drug-likeness (QED) is 0.505. The summed E-state index contributed by atoms with van der Waals surface area (Å²) < 4.78 is 0. The fraction of sp³-hybridized carbons (Fsp3) is 0.273. The molecule has 146 valence electrons. The molecule has 1 aromatic heterocycles. The van der Waals surface area contributed by atoms with Crippen LogP contribution in [-0.2, 0) is 0 Å². The predicted octanol–water partition coefficient (Wildman–Crippen LogP) is 2.74. The highest BCUT2D eigenvalue weighted by molar-refractivity contribution is 6.01. The molecule has 0 aliphatic heterocycles. The van der Waals surface area contributed by atoms with Gasteiger partial charge in [0.1, 0.15) is 0 Å². The lowest BCUT2D eigenvalue weighted by atomic mass is 9.98. The molecule has 3 rings (SSSR count). The zero-order chi connectivity index (χ0) is 20.1. The van der Waals surface area contributed by atoms with E-state index < -0.39 is 5.60 Å². The average molecular weight is 379 g/mol. The Kier molecular flexibility index (Phi) is 5.92. The van der Waals surface area contributed by atoms with Gasteiger partial charge in [-0.3, -0.25) is 9.78 Å². The van der Waals surface area contributed by atoms with E-state index in [0.29, 0.717) is 24.1 Å². The van der Waals surface area contributed by atoms with Gasteiger partial charge in [0.2, 0.25) is 0 Å². The molecule has 1 amide bonds. The number of benzene rings is 2. The molecule has 0 radical (unpaired) electrons. The number of nitrogens with two attached hydrogens (primary N) is 1. The fourth-order valence-electron chi connectivity index (χ4n) is 3.18. The third-order valence-electron chi connectivity index (χ3n) is 4.74. The molecule has 0 aliphatic rings. The molecular weight excluding hydrogens is 354 g/mol. The number of aliphatic hydroxyl groups is 2. The first kappa shape index (κ1) is 19.8. The van der Waals surface area contributed by atoms with E-state index in [9.17, 15) is 9.90 Å². The Hall–Kier alpha value is -2.96. The van der Waals surface area contributed by atoms with Crippen molar-refractivity contribution in [3.8, 4) is 11.1 Å². The summed E-state index contributed by atoms with van der Waals surface area (Å²) in [6.07, 6.45) is 2.56. The van der Waals surface area contributed by atoms with Crippen molar-refractivity contribution in [2.75, 3.05) is 18.9 Å². The molecule has 6 heteroatoms. The molecule has 0 fully saturated rings. The third kappa shape index (κ3) is 4.47. The molecule has 1 atom stereocenters. The van der Waals surface area contributed by atoms with E-state index >= 15 is 0 Å². The van der Waals surface area contributed by atoms with E-state index in [1.54, 1.807) is 31.3 Å². The Morgan fingerprint density at radius 1 is 1.21 bits per heavy atom. The SMILES string of the molecule is CC(O)(CCCO)CNC(=O)c1cccc(-c2cccc3c(N)ccnc23)c1. The number of anilines is 1. The van der Waals surface area contributed by atoms with Crippen LogP contribution in [0.1, 0.15) is 30.1 Å². The molecule has 0 spiro atoms. The Morgan fingerprint density at radius 3 is 2.79 bits per heavy atom. The molecule has 3 aromatic rings. The summed E-state index contributed by atoms with van der Waals surface area (Å²) in [5, 5.41) is 22.8. The lowest BCUT2D eigenvalue weighted by Gasteiger charge is -2.23. The van der Waals surface area contributed by atoms with E-state index in [1.807, 2.05) is 30.3 Å². The topological polar surface area (TPSA) is 108 Å². The van der Waals surface area contributed by atoms with Gasteiger partial charge in [-0.25, -0.2) is 0 Å². The standard InChI is InChI=1S/C22H25N3O3/c1-22(28,10-4-12-26)14-25-21(27)16-6-2-5-15(13-16)17-7-3-8-18-19(23)9-11-24-20(17)18/h2-3,5-9,11,13,26,28H,4,10,12,14H2,1H3,(H2,23,24)(H,25,27). The highest BCUT2D eigenvalue weighted by atomic mass is 16.3. The number of nitrogen functional groups attached to an aromatic ring is 1. The summed E-state index contributed by atoms with van der Waals surface area (Å²) in [6, 6.07) is 14.8. The summed E-state index contributed by atoms with van der Waals surface area (Å²) >= 11 is 0. The summed E-state index contributed by atoms with van der Waals surface area (Å²) in [4.78, 5) is 17.0. The monoisotopic (exact) mass is 379 g/mol. The van der Waals surface area contributed by atoms with Crippen LogP contribution in [0.2, 0.25) is 0 Å². The minimum atomic E-state index is -1.06. The maximum Gasteiger partial charge on any atom is 0.251 e. The van der Waals surface area contributed by atoms with Crippen molar-refractivity contribution < 1.29 is 15.0 Å². The molecule has 0 saturated heterocycles. The van der Waals surface area contributed by atoms with Crippen LogP contribution in [0.5, 0.6) is 0 Å². The van der Waals surface area contributed by atoms with E-state index in [-0.39, 0.29) is 19.1 Å². The van der Waals surface area contributed by atoms with Crippen molar-refractivity contribution in [2.45, 2.75) is 25.4 Å². The van der Waals surface area contributed by atoms with Crippen molar-refractivity contribution >= 4 is 22.5 Å². The van der Waals surface area contributed by atoms with Gasteiger partial charge < -0.3 is 21.3 Å². The van der Waals surface area contributed by atoms with Gasteiger partial charge in [0.25, 0.3) is 5.91 Å². The predicted molar refractivity (Wildman–Crippen MR) is 111 cm³/mol. The van der Waals surface area contributed by atoms with Gasteiger partial charge in [0, 0.05) is 41.5 Å². The number of hydrogen-bond donors (Lipinski definition) is 4. The summed E-state index contributed by atoms with van der Waals surface area (Å²) in [5.74, 6) is -0.265. The van der Waals surface area contributed by atoms with Gasteiger partial charge in [-0.15, -0.1) is 0 Å². The molecule has 1 heterocycles. The summed E-state index contributed by atoms with van der Waals surface area (Å²) in [7, 11) is 0. The number of hydrogen-bond acceptors (Lipinski definition) is 5. The maximum atomic E-state index is 12.6. The van der Waals surface area contributed by atoms with Gasteiger partial charge in [0.15, 0.2) is 0 Å². The van der Waals surface area contributed by atoms with E-state index in [1.165, 1.54) is 0 Å². The van der Waals surface area contributed by atoms with Crippen molar-refractivity contribution in [2.24, 2.45) is 0 Å². The normalized spacial score (nSPS) is 13.2. The fourth-order valence-corrected chi connectivity index (χ4v) is 3.18. The van der Waals surface area contributed by atoms with Gasteiger partial charge >= 0.3 is 0 Å². The second-order valence-corrected chi connectivity index (χ2v) is 7.19. The Morgan fingerprint density at radius 2 is 2.00 bits per heavy atom. The number of nitrogens with zero attached hydrogens (tertiary/aromatic N) is 1. The number of carbonyl (C=O) groups excluding carboxylic acids is 1. The van der Waals surface area contributed by atoms with Crippen molar-refractivity contribution in [1.29, 1.82) is 0 Å². The third-order valence-corrected chi connectivity index (χ3v) is 4.74. The Bertz CT molecular complexity index is 986. The maximum absolute atomic E-state index is 12.6. The smallest absolute Gasteiger partial charge is 0.251 e. The number of carbonyl (C=O) groups is 1. The molecule has 1 unspecified atom stereocenters. The Balaban J connectivity index is 1.83.